The molecule has 2 aliphatic heterocycles. The number of nitrogens with zero attached hydrogens (tertiary/aromatic N) is 4. The summed E-state index contributed by atoms with van der Waals surface area (Å²) in [5.41, 5.74) is 3.64. The van der Waals surface area contributed by atoms with Gasteiger partial charge in [-0.1, -0.05) is 23.4 Å². The number of carbonyl (C=O) groups excluding carboxylic acids is 4. The van der Waals surface area contributed by atoms with Crippen LogP contribution in [0.3, 0.4) is 0 Å². The van der Waals surface area contributed by atoms with Crippen molar-refractivity contribution < 1.29 is 24.3 Å². The number of imide groups is 1. The van der Waals surface area contributed by atoms with Gasteiger partial charge in [0, 0.05) is 18.5 Å². The van der Waals surface area contributed by atoms with E-state index < -0.39 is 11.9 Å². The maximum absolute atomic E-state index is 13.1. The van der Waals surface area contributed by atoms with Crippen molar-refractivity contribution in [3.63, 3.8) is 0 Å². The Labute approximate surface area is 205 Å². The Morgan fingerprint density at radius 2 is 1.97 bits per heavy atom. The second kappa shape index (κ2) is 8.29. The zero-order valence-corrected chi connectivity index (χ0v) is 19.1. The molecule has 11 heteroatoms. The fraction of sp³-hybridized carbons (Fsp3) is 0.280. The molecule has 2 atom stereocenters. The van der Waals surface area contributed by atoms with E-state index in [0.29, 0.717) is 30.5 Å². The van der Waals surface area contributed by atoms with Gasteiger partial charge in [-0.2, -0.15) is 0 Å². The van der Waals surface area contributed by atoms with E-state index in [1.54, 1.807) is 30.3 Å². The molecule has 0 radical (unpaired) electrons. The van der Waals surface area contributed by atoms with Crippen molar-refractivity contribution in [2.75, 3.05) is 0 Å². The second-order valence-corrected chi connectivity index (χ2v) is 9.20. The van der Waals surface area contributed by atoms with Crippen LogP contribution < -0.4 is 10.6 Å². The van der Waals surface area contributed by atoms with Gasteiger partial charge in [0.15, 0.2) is 5.69 Å². The van der Waals surface area contributed by atoms with E-state index in [1.807, 2.05) is 6.07 Å². The molecule has 3 aliphatic rings. The van der Waals surface area contributed by atoms with Crippen molar-refractivity contribution in [2.24, 2.45) is 0 Å². The van der Waals surface area contributed by atoms with E-state index in [1.165, 1.54) is 15.8 Å². The summed E-state index contributed by atoms with van der Waals surface area (Å²) in [6, 6.07) is 9.60. The van der Waals surface area contributed by atoms with Gasteiger partial charge in [-0.3, -0.25) is 24.5 Å². The molecule has 0 spiro atoms. The third kappa shape index (κ3) is 3.60. The standard InChI is InChI=1S/C25H22N6O5/c32-21-3-1-2-15-16(21)6-7-18(15)26-23(34)19-12-31(29-28-19)14-5-4-13-11-30(25(36)17(13)10-14)20-8-9-22(33)27-24(20)35/h1-5,10,12,18,20,32H,6-9,11H2,(H,26,34)(H,27,33,35). The number of hydrogen-bond donors (Lipinski definition) is 3. The van der Waals surface area contributed by atoms with Crippen LogP contribution in [-0.4, -0.2) is 54.7 Å². The van der Waals surface area contributed by atoms with Crippen molar-refractivity contribution in [3.8, 4) is 11.4 Å². The van der Waals surface area contributed by atoms with Crippen LogP contribution in [0.1, 0.15) is 62.8 Å². The Kier molecular flexibility index (Phi) is 5.06. The highest BCUT2D eigenvalue weighted by Crippen LogP contribution is 2.36. The monoisotopic (exact) mass is 486 g/mol. The molecule has 1 aromatic heterocycles. The van der Waals surface area contributed by atoms with E-state index in [2.05, 4.69) is 20.9 Å². The van der Waals surface area contributed by atoms with Crippen LogP contribution in [0.25, 0.3) is 5.69 Å². The Balaban J connectivity index is 1.18. The summed E-state index contributed by atoms with van der Waals surface area (Å²) >= 11 is 0. The van der Waals surface area contributed by atoms with Crippen LogP contribution in [0.15, 0.2) is 42.6 Å². The first-order chi connectivity index (χ1) is 17.4. The van der Waals surface area contributed by atoms with Crippen molar-refractivity contribution in [1.82, 2.24) is 30.5 Å². The van der Waals surface area contributed by atoms with Crippen LogP contribution in [0.4, 0.5) is 0 Å². The number of aromatic nitrogens is 3. The minimum Gasteiger partial charge on any atom is -0.508 e. The third-order valence-corrected chi connectivity index (χ3v) is 7.05. The lowest BCUT2D eigenvalue weighted by Crippen LogP contribution is -2.52. The van der Waals surface area contributed by atoms with Gasteiger partial charge in [0.2, 0.25) is 11.8 Å². The summed E-state index contributed by atoms with van der Waals surface area (Å²) in [5.74, 6) is -1.23. The van der Waals surface area contributed by atoms with Crippen LogP contribution in [-0.2, 0) is 22.6 Å². The Morgan fingerprint density at radius 3 is 2.81 bits per heavy atom. The molecule has 2 unspecified atom stereocenters. The van der Waals surface area contributed by atoms with Crippen LogP contribution >= 0.6 is 0 Å². The number of fused-ring (bicyclic) bond motifs is 2. The van der Waals surface area contributed by atoms with Crippen molar-refractivity contribution in [1.29, 1.82) is 0 Å². The SMILES string of the molecule is O=C1CCC(N2Cc3ccc(-n4cc(C(=O)NC5CCc6c(O)cccc65)nn4)cc3C2=O)C(=O)N1. The average Bonchev–Trinajstić information content (AvgIpc) is 3.58. The van der Waals surface area contributed by atoms with Crippen molar-refractivity contribution >= 4 is 23.6 Å². The molecule has 3 N–H and O–H groups in total. The molecule has 6 rings (SSSR count). The summed E-state index contributed by atoms with van der Waals surface area (Å²) in [4.78, 5) is 51.1. The predicted molar refractivity (Wildman–Crippen MR) is 124 cm³/mol. The third-order valence-electron chi connectivity index (χ3n) is 7.05. The molecule has 0 saturated carbocycles. The van der Waals surface area contributed by atoms with E-state index in [4.69, 9.17) is 0 Å². The minimum atomic E-state index is -0.685. The number of aromatic hydroxyl groups is 1. The van der Waals surface area contributed by atoms with Crippen LogP contribution in [0.2, 0.25) is 0 Å². The van der Waals surface area contributed by atoms with Crippen molar-refractivity contribution in [2.45, 2.75) is 44.3 Å². The first-order valence-corrected chi connectivity index (χ1v) is 11.7. The molecular formula is C25H22N6O5. The molecule has 3 aromatic rings. The molecular weight excluding hydrogens is 464 g/mol. The zero-order valence-electron chi connectivity index (χ0n) is 19.1. The highest BCUT2D eigenvalue weighted by molar-refractivity contribution is 6.05. The minimum absolute atomic E-state index is 0.126. The highest BCUT2D eigenvalue weighted by Gasteiger charge is 2.39. The zero-order chi connectivity index (χ0) is 25.0. The van der Waals surface area contributed by atoms with Crippen molar-refractivity contribution in [3.05, 3.63) is 70.5 Å². The molecule has 1 aliphatic carbocycles. The first kappa shape index (κ1) is 22.0. The van der Waals surface area contributed by atoms with E-state index in [-0.39, 0.29) is 48.2 Å². The summed E-state index contributed by atoms with van der Waals surface area (Å²) in [6.07, 6.45) is 3.35. The van der Waals surface area contributed by atoms with Crippen LogP contribution in [0, 0.1) is 0 Å². The fourth-order valence-corrected chi connectivity index (χ4v) is 5.20. The maximum Gasteiger partial charge on any atom is 0.273 e. The van der Waals surface area contributed by atoms with Gasteiger partial charge in [-0.05, 0) is 54.2 Å². The molecule has 182 valence electrons. The van der Waals surface area contributed by atoms with E-state index in [9.17, 15) is 24.3 Å². The normalized spacial score (nSPS) is 20.8. The number of hydrogen-bond acceptors (Lipinski definition) is 7. The summed E-state index contributed by atoms with van der Waals surface area (Å²) in [7, 11) is 0. The molecule has 3 heterocycles. The quantitative estimate of drug-likeness (QED) is 0.469. The van der Waals surface area contributed by atoms with Gasteiger partial charge >= 0.3 is 0 Å². The lowest BCUT2D eigenvalue weighted by molar-refractivity contribution is -0.136. The summed E-state index contributed by atoms with van der Waals surface area (Å²) in [5, 5.41) is 23.3. The number of piperidine rings is 1. The van der Waals surface area contributed by atoms with Gasteiger partial charge in [0.05, 0.1) is 17.9 Å². The largest absolute Gasteiger partial charge is 0.508 e. The van der Waals surface area contributed by atoms with Gasteiger partial charge in [-0.25, -0.2) is 4.68 Å². The van der Waals surface area contributed by atoms with Gasteiger partial charge < -0.3 is 15.3 Å². The number of benzene rings is 2. The van der Waals surface area contributed by atoms with Gasteiger partial charge in [0.1, 0.15) is 11.8 Å². The van der Waals surface area contributed by atoms with Gasteiger partial charge in [0.25, 0.3) is 11.8 Å². The number of amides is 4. The summed E-state index contributed by atoms with van der Waals surface area (Å²) < 4.78 is 1.42. The number of carbonyl (C=O) groups is 4. The molecule has 36 heavy (non-hydrogen) atoms. The first-order valence-electron chi connectivity index (χ1n) is 11.7. The molecule has 0 bridgehead atoms. The molecule has 11 nitrogen and oxygen atoms in total. The number of nitrogens with one attached hydrogen (secondary N) is 2. The Bertz CT molecular complexity index is 1450. The van der Waals surface area contributed by atoms with Gasteiger partial charge in [-0.15, -0.1) is 5.10 Å². The molecule has 1 fully saturated rings. The average molecular weight is 486 g/mol. The molecule has 4 amide bonds. The number of phenolic OH excluding ortho intramolecular Hbond substituents is 1. The fourth-order valence-electron chi connectivity index (χ4n) is 5.20. The number of rotatable bonds is 4. The Hall–Kier alpha value is -4.54. The molecule has 1 saturated heterocycles. The number of phenols is 1. The second-order valence-electron chi connectivity index (χ2n) is 9.20. The maximum atomic E-state index is 13.1. The smallest absolute Gasteiger partial charge is 0.273 e. The predicted octanol–water partition coefficient (Wildman–Crippen LogP) is 1.15. The lowest BCUT2D eigenvalue weighted by atomic mass is 10.0. The lowest BCUT2D eigenvalue weighted by Gasteiger charge is -2.29. The Morgan fingerprint density at radius 1 is 1.11 bits per heavy atom. The topological polar surface area (TPSA) is 147 Å². The highest BCUT2D eigenvalue weighted by atomic mass is 16.3. The summed E-state index contributed by atoms with van der Waals surface area (Å²) in [6.45, 7) is 0.282. The van der Waals surface area contributed by atoms with E-state index >= 15 is 0 Å². The van der Waals surface area contributed by atoms with E-state index in [0.717, 1.165) is 16.7 Å². The van der Waals surface area contributed by atoms with Crippen LogP contribution in [0.5, 0.6) is 5.75 Å². The molecule has 2 aromatic carbocycles.